The third-order valence-electron chi connectivity index (χ3n) is 19.4. The van der Waals surface area contributed by atoms with E-state index in [9.17, 15) is 43.2 Å². The Labute approximate surface area is 607 Å². The summed E-state index contributed by atoms with van der Waals surface area (Å²) in [5.74, 6) is -0.472. The minimum Gasteiger partial charge on any atom is -0.462 e. The number of esters is 4. The van der Waals surface area contributed by atoms with E-state index in [1.807, 2.05) is 0 Å². The minimum absolute atomic E-state index is 0.105. The fraction of sp³-hybridized carbons (Fsp3) is 0.950. The molecule has 0 radical (unpaired) electrons. The maximum atomic E-state index is 13.1. The average Bonchev–Trinajstić information content (AvgIpc) is 1.36. The van der Waals surface area contributed by atoms with Crippen LogP contribution >= 0.6 is 15.6 Å². The SMILES string of the molecule is CCCCCCCCCCCCCCCCCCC(=O)OC[C@H](COP(=O)(O)OC[C@@H](O)COP(=O)(O)OC[C@@H](COC(=O)CCCCCCCCCCC)OC(=O)CCCCCCCCCCC(C)CC)OC(=O)CCCCCCCCCCCCCCCCCCCCC(C)CC. The smallest absolute Gasteiger partial charge is 0.462 e. The van der Waals surface area contributed by atoms with E-state index in [4.69, 9.17) is 37.0 Å². The molecule has 0 bridgehead atoms. The summed E-state index contributed by atoms with van der Waals surface area (Å²) in [5.41, 5.74) is 0. The van der Waals surface area contributed by atoms with Crippen molar-refractivity contribution in [1.82, 2.24) is 0 Å². The van der Waals surface area contributed by atoms with Gasteiger partial charge in [-0.3, -0.25) is 37.3 Å². The van der Waals surface area contributed by atoms with Gasteiger partial charge in [-0.05, 0) is 37.5 Å². The first-order valence-corrected chi connectivity index (χ1v) is 44.6. The van der Waals surface area contributed by atoms with E-state index in [1.54, 1.807) is 0 Å². The zero-order valence-corrected chi connectivity index (χ0v) is 66.6. The van der Waals surface area contributed by atoms with Crippen LogP contribution < -0.4 is 0 Å². The van der Waals surface area contributed by atoms with Crippen molar-refractivity contribution in [2.75, 3.05) is 39.6 Å². The van der Waals surface area contributed by atoms with E-state index < -0.39 is 97.5 Å². The van der Waals surface area contributed by atoms with Crippen LogP contribution in [0.15, 0.2) is 0 Å². The van der Waals surface area contributed by atoms with Gasteiger partial charge in [0.1, 0.15) is 19.3 Å². The summed E-state index contributed by atoms with van der Waals surface area (Å²) in [4.78, 5) is 72.9. The molecule has 0 heterocycles. The third kappa shape index (κ3) is 71.5. The number of hydrogen-bond donors (Lipinski definition) is 3. The highest BCUT2D eigenvalue weighted by atomic mass is 31.2. The van der Waals surface area contributed by atoms with Crippen molar-refractivity contribution in [3.63, 3.8) is 0 Å². The summed E-state index contributed by atoms with van der Waals surface area (Å²) in [6.45, 7) is 9.67. The van der Waals surface area contributed by atoms with Gasteiger partial charge in [0.05, 0.1) is 26.4 Å². The van der Waals surface area contributed by atoms with E-state index in [2.05, 4.69) is 41.5 Å². The molecule has 17 nitrogen and oxygen atoms in total. The summed E-state index contributed by atoms with van der Waals surface area (Å²) in [6.07, 6.45) is 61.0. The lowest BCUT2D eigenvalue weighted by molar-refractivity contribution is -0.161. The van der Waals surface area contributed by atoms with Crippen molar-refractivity contribution in [3.05, 3.63) is 0 Å². The van der Waals surface area contributed by atoms with Crippen molar-refractivity contribution in [3.8, 4) is 0 Å². The van der Waals surface area contributed by atoms with Crippen LogP contribution in [-0.2, 0) is 65.4 Å². The summed E-state index contributed by atoms with van der Waals surface area (Å²) in [5, 5.41) is 10.6. The Morgan fingerprint density at radius 3 is 0.717 bits per heavy atom. The van der Waals surface area contributed by atoms with E-state index in [1.165, 1.54) is 238 Å². The summed E-state index contributed by atoms with van der Waals surface area (Å²) < 4.78 is 68.6. The van der Waals surface area contributed by atoms with E-state index >= 15 is 0 Å². The van der Waals surface area contributed by atoms with Gasteiger partial charge < -0.3 is 33.8 Å². The molecule has 0 amide bonds. The number of hydrogen-bond acceptors (Lipinski definition) is 15. The first-order valence-electron chi connectivity index (χ1n) is 41.6. The summed E-state index contributed by atoms with van der Waals surface area (Å²) >= 11 is 0. The predicted octanol–water partition coefficient (Wildman–Crippen LogP) is 23.9. The highest BCUT2D eigenvalue weighted by Crippen LogP contribution is 2.45. The molecule has 0 spiro atoms. The van der Waals surface area contributed by atoms with Crippen molar-refractivity contribution < 1.29 is 80.2 Å². The van der Waals surface area contributed by atoms with Gasteiger partial charge in [-0.25, -0.2) is 9.13 Å². The number of rotatable bonds is 79. The van der Waals surface area contributed by atoms with Crippen LogP contribution in [0.2, 0.25) is 0 Å². The van der Waals surface area contributed by atoms with Gasteiger partial charge in [0.25, 0.3) is 0 Å². The second-order valence-corrected chi connectivity index (χ2v) is 32.2. The number of carbonyl (C=O) groups is 4. The Morgan fingerprint density at radius 1 is 0.283 bits per heavy atom. The molecule has 0 aromatic rings. The van der Waals surface area contributed by atoms with Gasteiger partial charge in [0, 0.05) is 25.7 Å². The Balaban J connectivity index is 5.20. The molecule has 0 aliphatic heterocycles. The van der Waals surface area contributed by atoms with Crippen LogP contribution in [0.5, 0.6) is 0 Å². The topological polar surface area (TPSA) is 237 Å². The van der Waals surface area contributed by atoms with E-state index in [0.717, 1.165) is 102 Å². The Bertz CT molecular complexity index is 1910. The zero-order valence-electron chi connectivity index (χ0n) is 64.8. The molecular formula is C80H156O17P2. The Hall–Kier alpha value is -1.94. The molecule has 0 rings (SSSR count). The monoisotopic (exact) mass is 1450 g/mol. The van der Waals surface area contributed by atoms with Crippen LogP contribution in [0.25, 0.3) is 0 Å². The lowest BCUT2D eigenvalue weighted by atomic mass is 9.99. The van der Waals surface area contributed by atoms with Crippen LogP contribution in [-0.4, -0.2) is 96.7 Å². The number of aliphatic hydroxyl groups is 1. The van der Waals surface area contributed by atoms with Gasteiger partial charge >= 0.3 is 39.5 Å². The molecule has 588 valence electrons. The van der Waals surface area contributed by atoms with Gasteiger partial charge in [-0.1, -0.05) is 369 Å². The quantitative estimate of drug-likeness (QED) is 0.0222. The van der Waals surface area contributed by atoms with E-state index in [0.29, 0.717) is 25.7 Å². The molecule has 0 aromatic carbocycles. The number of phosphoric ester groups is 2. The van der Waals surface area contributed by atoms with Crippen LogP contribution in [0.4, 0.5) is 0 Å². The molecule has 0 fully saturated rings. The first-order chi connectivity index (χ1) is 47.9. The molecule has 0 aliphatic rings. The summed E-state index contributed by atoms with van der Waals surface area (Å²) in [6, 6.07) is 0. The maximum Gasteiger partial charge on any atom is 0.472 e. The van der Waals surface area contributed by atoms with Crippen LogP contribution in [0, 0.1) is 11.8 Å². The molecule has 4 unspecified atom stereocenters. The minimum atomic E-state index is -4.96. The summed E-state index contributed by atoms with van der Waals surface area (Å²) in [7, 11) is -9.91. The Kier molecular flexibility index (Phi) is 70.3. The molecule has 0 saturated carbocycles. The van der Waals surface area contributed by atoms with Gasteiger partial charge in [-0.15, -0.1) is 0 Å². The zero-order chi connectivity index (χ0) is 72.8. The molecule has 99 heavy (non-hydrogen) atoms. The predicted molar refractivity (Wildman–Crippen MR) is 405 cm³/mol. The van der Waals surface area contributed by atoms with Crippen LogP contribution in [0.1, 0.15) is 420 Å². The Morgan fingerprint density at radius 2 is 0.485 bits per heavy atom. The van der Waals surface area contributed by atoms with Gasteiger partial charge in [0.2, 0.25) is 0 Å². The third-order valence-corrected chi connectivity index (χ3v) is 21.3. The number of aliphatic hydroxyl groups excluding tert-OH is 1. The fourth-order valence-electron chi connectivity index (χ4n) is 12.3. The highest BCUT2D eigenvalue weighted by molar-refractivity contribution is 7.47. The van der Waals surface area contributed by atoms with Gasteiger partial charge in [-0.2, -0.15) is 0 Å². The molecule has 7 atom stereocenters. The first kappa shape index (κ1) is 97.1. The van der Waals surface area contributed by atoms with E-state index in [-0.39, 0.29) is 25.7 Å². The second-order valence-electron chi connectivity index (χ2n) is 29.3. The second kappa shape index (κ2) is 71.7. The average molecular weight is 1450 g/mol. The van der Waals surface area contributed by atoms with Crippen molar-refractivity contribution >= 4 is 39.5 Å². The van der Waals surface area contributed by atoms with Crippen molar-refractivity contribution in [1.29, 1.82) is 0 Å². The molecule has 0 aromatic heterocycles. The number of ether oxygens (including phenoxy) is 4. The van der Waals surface area contributed by atoms with Gasteiger partial charge in [0.15, 0.2) is 12.2 Å². The van der Waals surface area contributed by atoms with Crippen molar-refractivity contribution in [2.24, 2.45) is 11.8 Å². The van der Waals surface area contributed by atoms with Crippen molar-refractivity contribution in [2.45, 2.75) is 439 Å². The lowest BCUT2D eigenvalue weighted by Gasteiger charge is -2.21. The lowest BCUT2D eigenvalue weighted by Crippen LogP contribution is -2.30. The highest BCUT2D eigenvalue weighted by Gasteiger charge is 2.30. The number of phosphoric acid groups is 2. The molecule has 3 N–H and O–H groups in total. The standard InChI is InChI=1S/C80H156O17P2/c1-7-11-13-15-17-19-20-21-22-28-31-34-38-45-51-57-63-78(83)91-69-75(96-79(84)64-58-52-46-39-35-32-29-26-24-23-25-27-30-33-37-42-48-54-60-72(5)9-3)70-94-98(86,87)92-66-74(81)67-93-99(88,89)95-71-76(68-90-77(82)62-56-50-44-36-18-16-14-12-8-2)97-80(85)65-59-53-47-41-40-43-49-55-61-73(6)10-4/h72-76,81H,7-71H2,1-6H3,(H,86,87)(H,88,89)/t72?,73?,74-,75-,76-/m1/s1. The maximum absolute atomic E-state index is 13.1. The molecule has 0 aliphatic carbocycles. The molecule has 0 saturated heterocycles. The fourth-order valence-corrected chi connectivity index (χ4v) is 13.9. The normalized spacial score (nSPS) is 14.5. The van der Waals surface area contributed by atoms with Crippen LogP contribution in [0.3, 0.4) is 0 Å². The molecular weight excluding hydrogens is 1290 g/mol. The number of unbranched alkanes of at least 4 members (excludes halogenated alkanes) is 47. The largest absolute Gasteiger partial charge is 0.472 e. The number of carbonyl (C=O) groups excluding carboxylic acids is 4. The molecule has 19 heteroatoms.